The summed E-state index contributed by atoms with van der Waals surface area (Å²) in [6.07, 6.45) is 0. The van der Waals surface area contributed by atoms with Crippen molar-refractivity contribution in [3.8, 4) is 0 Å². The number of nitrogens with zero attached hydrogens (tertiary/aromatic N) is 1. The van der Waals surface area contributed by atoms with Crippen LogP contribution in [0.3, 0.4) is 0 Å². The van der Waals surface area contributed by atoms with Gasteiger partial charge in [-0.3, -0.25) is 9.59 Å². The predicted octanol–water partition coefficient (Wildman–Crippen LogP) is 4.75. The highest BCUT2D eigenvalue weighted by atomic mass is 16.1. The van der Waals surface area contributed by atoms with E-state index in [9.17, 15) is 9.59 Å². The molecule has 2 aliphatic carbocycles. The summed E-state index contributed by atoms with van der Waals surface area (Å²) in [6, 6.07) is 25.6. The van der Waals surface area contributed by atoms with E-state index in [-0.39, 0.29) is 17.5 Å². The van der Waals surface area contributed by atoms with Crippen molar-refractivity contribution in [2.45, 2.75) is 12.3 Å². The number of hydrogen-bond acceptors (Lipinski definition) is 3. The fraction of sp³-hybridized carbons (Fsp3) is 0.231. The second-order valence-electron chi connectivity index (χ2n) is 8.49. The van der Waals surface area contributed by atoms with Gasteiger partial charge in [0.15, 0.2) is 11.6 Å². The van der Waals surface area contributed by atoms with Crippen molar-refractivity contribution >= 4 is 17.3 Å². The molecule has 3 atom stereocenters. The topological polar surface area (TPSA) is 37.4 Å². The average molecular weight is 381 g/mol. The molecule has 0 unspecified atom stereocenters. The van der Waals surface area contributed by atoms with Gasteiger partial charge in [0.25, 0.3) is 0 Å². The van der Waals surface area contributed by atoms with E-state index < -0.39 is 10.8 Å². The summed E-state index contributed by atoms with van der Waals surface area (Å²) in [5.41, 5.74) is 2.83. The molecule has 1 fully saturated rings. The second-order valence-corrected chi connectivity index (χ2v) is 8.49. The van der Waals surface area contributed by atoms with Crippen LogP contribution < -0.4 is 4.90 Å². The third kappa shape index (κ3) is 2.08. The standard InChI is InChI=1S/C26H23NO2/c1-25-23(22(28)20-11-7-8-12-21(20)24(25)29)26(25,17-9-5-4-6-10-17)18-13-15-19(16-14-18)27(2)3/h4-16,23H,1-3H3/t23-,25-,26-/m1/s1. The maximum atomic E-state index is 13.7. The van der Waals surface area contributed by atoms with Gasteiger partial charge in [0.2, 0.25) is 0 Å². The Morgan fingerprint density at radius 3 is 1.90 bits per heavy atom. The normalized spacial score (nSPS) is 27.2. The molecule has 3 aromatic rings. The fourth-order valence-corrected chi connectivity index (χ4v) is 5.54. The number of benzene rings is 3. The van der Waals surface area contributed by atoms with Crippen LogP contribution in [0.1, 0.15) is 38.8 Å². The third-order valence-electron chi connectivity index (χ3n) is 6.99. The number of hydrogen-bond donors (Lipinski definition) is 0. The summed E-state index contributed by atoms with van der Waals surface area (Å²) in [7, 11) is 4.01. The molecular formula is C26H23NO2. The highest BCUT2D eigenvalue weighted by Crippen LogP contribution is 2.76. The van der Waals surface area contributed by atoms with E-state index in [1.54, 1.807) is 12.1 Å². The van der Waals surface area contributed by atoms with Crippen LogP contribution in [0.4, 0.5) is 5.69 Å². The zero-order valence-electron chi connectivity index (χ0n) is 16.8. The summed E-state index contributed by atoms with van der Waals surface area (Å²) in [5.74, 6) is -0.244. The average Bonchev–Trinajstić information content (AvgIpc) is 3.35. The molecule has 29 heavy (non-hydrogen) atoms. The Kier molecular flexibility index (Phi) is 3.63. The second kappa shape index (κ2) is 5.90. The van der Waals surface area contributed by atoms with Gasteiger partial charge in [0.05, 0.1) is 11.3 Å². The molecule has 0 aliphatic heterocycles. The van der Waals surface area contributed by atoms with Gasteiger partial charge in [-0.15, -0.1) is 0 Å². The minimum atomic E-state index is -0.778. The highest BCUT2D eigenvalue weighted by molar-refractivity contribution is 6.23. The lowest BCUT2D eigenvalue weighted by atomic mass is 9.77. The Morgan fingerprint density at radius 2 is 1.28 bits per heavy atom. The monoisotopic (exact) mass is 381 g/mol. The fourth-order valence-electron chi connectivity index (χ4n) is 5.54. The van der Waals surface area contributed by atoms with Gasteiger partial charge in [-0.05, 0) is 23.3 Å². The SMILES string of the molecule is CN(C)c1ccc([C@]2(c3ccccc3)[C@@H]3C(=O)c4ccccc4C(=O)[C@@]32C)cc1. The van der Waals surface area contributed by atoms with E-state index in [2.05, 4.69) is 36.4 Å². The zero-order valence-corrected chi connectivity index (χ0v) is 16.8. The van der Waals surface area contributed by atoms with Gasteiger partial charge in [-0.2, -0.15) is 0 Å². The molecule has 0 spiro atoms. The van der Waals surface area contributed by atoms with Crippen LogP contribution in [-0.2, 0) is 5.41 Å². The van der Waals surface area contributed by atoms with Crippen LogP contribution in [0.5, 0.6) is 0 Å². The van der Waals surface area contributed by atoms with Crippen LogP contribution >= 0.6 is 0 Å². The Hall–Kier alpha value is -3.20. The number of Topliss-reactive ketones (excluding diaryl/α,β-unsaturated/α-hetero) is 2. The van der Waals surface area contributed by atoms with Crippen molar-refractivity contribution < 1.29 is 9.59 Å². The largest absolute Gasteiger partial charge is 0.378 e. The molecule has 3 nitrogen and oxygen atoms in total. The maximum absolute atomic E-state index is 13.7. The highest BCUT2D eigenvalue weighted by Gasteiger charge is 2.82. The number of fused-ring (bicyclic) bond motifs is 2. The van der Waals surface area contributed by atoms with E-state index in [4.69, 9.17) is 0 Å². The van der Waals surface area contributed by atoms with E-state index in [1.807, 2.05) is 56.3 Å². The Bertz CT molecular complexity index is 1130. The van der Waals surface area contributed by atoms with Gasteiger partial charge in [-0.25, -0.2) is 0 Å². The predicted molar refractivity (Wildman–Crippen MR) is 115 cm³/mol. The third-order valence-corrected chi connectivity index (χ3v) is 6.99. The molecule has 0 aromatic heterocycles. The minimum absolute atomic E-state index is 0.0678. The number of carbonyl (C=O) groups excluding carboxylic acids is 2. The quantitative estimate of drug-likeness (QED) is 0.657. The van der Waals surface area contributed by atoms with Crippen molar-refractivity contribution in [3.05, 3.63) is 101 Å². The van der Waals surface area contributed by atoms with Crippen molar-refractivity contribution in [3.63, 3.8) is 0 Å². The molecule has 3 aromatic carbocycles. The molecule has 0 radical (unpaired) electrons. The van der Waals surface area contributed by atoms with Crippen molar-refractivity contribution in [1.29, 1.82) is 0 Å². The van der Waals surface area contributed by atoms with Crippen molar-refractivity contribution in [2.75, 3.05) is 19.0 Å². The Labute approximate surface area is 171 Å². The van der Waals surface area contributed by atoms with Gasteiger partial charge in [0.1, 0.15) is 0 Å². The Morgan fingerprint density at radius 1 is 0.724 bits per heavy atom. The molecule has 0 amide bonds. The van der Waals surface area contributed by atoms with Crippen LogP contribution in [0.2, 0.25) is 0 Å². The lowest BCUT2D eigenvalue weighted by Crippen LogP contribution is -2.28. The van der Waals surface area contributed by atoms with E-state index in [0.29, 0.717) is 11.1 Å². The first-order chi connectivity index (χ1) is 13.9. The first-order valence-electron chi connectivity index (χ1n) is 9.95. The molecule has 0 N–H and O–H groups in total. The van der Waals surface area contributed by atoms with Crippen LogP contribution in [0.15, 0.2) is 78.9 Å². The van der Waals surface area contributed by atoms with Gasteiger partial charge < -0.3 is 4.90 Å². The zero-order chi connectivity index (χ0) is 20.4. The summed E-state index contributed by atoms with van der Waals surface area (Å²) in [5, 5.41) is 0. The molecule has 5 rings (SSSR count). The van der Waals surface area contributed by atoms with Crippen molar-refractivity contribution in [1.82, 2.24) is 0 Å². The molecule has 1 saturated carbocycles. The lowest BCUT2D eigenvalue weighted by Gasteiger charge is -2.24. The van der Waals surface area contributed by atoms with E-state index >= 15 is 0 Å². The summed E-state index contributed by atoms with van der Waals surface area (Å²) >= 11 is 0. The lowest BCUT2D eigenvalue weighted by molar-refractivity contribution is 0.0822. The molecule has 2 aliphatic rings. The number of rotatable bonds is 3. The van der Waals surface area contributed by atoms with Crippen LogP contribution in [-0.4, -0.2) is 25.7 Å². The Balaban J connectivity index is 1.77. The smallest absolute Gasteiger partial charge is 0.171 e. The first kappa shape index (κ1) is 17.9. The van der Waals surface area contributed by atoms with Gasteiger partial charge >= 0.3 is 0 Å². The summed E-state index contributed by atoms with van der Waals surface area (Å²) < 4.78 is 0. The number of carbonyl (C=O) groups is 2. The maximum Gasteiger partial charge on any atom is 0.171 e. The van der Waals surface area contributed by atoms with Gasteiger partial charge in [0, 0.05) is 36.3 Å². The molecular weight excluding hydrogens is 358 g/mol. The summed E-state index contributed by atoms with van der Waals surface area (Å²) in [6.45, 7) is 1.97. The van der Waals surface area contributed by atoms with Crippen molar-refractivity contribution in [2.24, 2.45) is 11.3 Å². The minimum Gasteiger partial charge on any atom is -0.378 e. The first-order valence-corrected chi connectivity index (χ1v) is 9.95. The molecule has 0 heterocycles. The van der Waals surface area contributed by atoms with E-state index in [0.717, 1.165) is 16.8 Å². The van der Waals surface area contributed by atoms with Crippen LogP contribution in [0.25, 0.3) is 0 Å². The molecule has 3 heteroatoms. The number of ketones is 2. The molecule has 0 saturated heterocycles. The van der Waals surface area contributed by atoms with Gasteiger partial charge in [-0.1, -0.05) is 73.7 Å². The van der Waals surface area contributed by atoms with Crippen LogP contribution in [0, 0.1) is 11.3 Å². The summed E-state index contributed by atoms with van der Waals surface area (Å²) in [4.78, 5) is 29.3. The number of anilines is 1. The van der Waals surface area contributed by atoms with E-state index in [1.165, 1.54) is 0 Å². The molecule has 0 bridgehead atoms. The molecule has 144 valence electrons.